The van der Waals surface area contributed by atoms with E-state index in [-0.39, 0.29) is 17.1 Å². The molecular weight excluding hydrogens is 260 g/mol. The van der Waals surface area contributed by atoms with Gasteiger partial charge in [0.2, 0.25) is 5.88 Å². The Hall–Kier alpha value is -1.10. The molecule has 2 N–H and O–H groups in total. The molecule has 19 heavy (non-hydrogen) atoms. The van der Waals surface area contributed by atoms with Crippen LogP contribution in [-0.4, -0.2) is 15.6 Å². The largest absolute Gasteiger partial charge is 0.472 e. The van der Waals surface area contributed by atoms with Crippen molar-refractivity contribution in [3.8, 4) is 5.88 Å². The highest BCUT2D eigenvalue weighted by atomic mass is 32.1. The van der Waals surface area contributed by atoms with E-state index in [9.17, 15) is 4.79 Å². The smallest absolute Gasteiger partial charge is 0.259 e. The van der Waals surface area contributed by atoms with Crippen LogP contribution in [0.5, 0.6) is 5.88 Å². The molecular formula is C14H20N2O2S. The van der Waals surface area contributed by atoms with Gasteiger partial charge in [-0.3, -0.25) is 9.78 Å². The maximum Gasteiger partial charge on any atom is 0.259 e. The van der Waals surface area contributed by atoms with Gasteiger partial charge in [0.05, 0.1) is 5.56 Å². The van der Waals surface area contributed by atoms with E-state index in [2.05, 4.69) is 30.7 Å². The molecule has 1 aromatic rings. The Kier molecular flexibility index (Phi) is 2.85. The van der Waals surface area contributed by atoms with Gasteiger partial charge in [0.15, 0.2) is 4.77 Å². The molecule has 4 nitrogen and oxygen atoms in total. The zero-order chi connectivity index (χ0) is 13.8. The van der Waals surface area contributed by atoms with Gasteiger partial charge < -0.3 is 9.72 Å². The maximum absolute atomic E-state index is 12.2. The van der Waals surface area contributed by atoms with Crippen LogP contribution in [0.15, 0.2) is 4.79 Å². The third-order valence-electron chi connectivity index (χ3n) is 4.68. The molecule has 1 fully saturated rings. The van der Waals surface area contributed by atoms with Gasteiger partial charge in [0.25, 0.3) is 5.56 Å². The number of hydrogen-bond acceptors (Lipinski definition) is 3. The summed E-state index contributed by atoms with van der Waals surface area (Å²) < 4.78 is 6.38. The first-order chi connectivity index (χ1) is 8.88. The number of ether oxygens (including phenoxy) is 1. The summed E-state index contributed by atoms with van der Waals surface area (Å²) in [5.74, 6) is 1.92. The SMILES string of the molecule is C[C@@H]1CC[C@@H]2[C@H](C1)c1c([nH]c(=S)[nH]c1=O)OC2(C)C. The van der Waals surface area contributed by atoms with Crippen molar-refractivity contribution < 1.29 is 4.74 Å². The van der Waals surface area contributed by atoms with Crippen LogP contribution < -0.4 is 10.3 Å². The van der Waals surface area contributed by atoms with E-state index in [0.29, 0.717) is 22.5 Å². The van der Waals surface area contributed by atoms with E-state index in [1.54, 1.807) is 0 Å². The van der Waals surface area contributed by atoms with Crippen LogP contribution in [0, 0.1) is 16.6 Å². The molecule has 0 bridgehead atoms. The van der Waals surface area contributed by atoms with Gasteiger partial charge in [0.1, 0.15) is 5.60 Å². The Morgan fingerprint density at radius 1 is 1.32 bits per heavy atom. The molecule has 2 heterocycles. The van der Waals surface area contributed by atoms with Crippen molar-refractivity contribution in [1.29, 1.82) is 0 Å². The van der Waals surface area contributed by atoms with Crippen molar-refractivity contribution in [3.63, 3.8) is 0 Å². The van der Waals surface area contributed by atoms with Crippen LogP contribution >= 0.6 is 12.2 Å². The van der Waals surface area contributed by atoms with Crippen molar-refractivity contribution in [2.75, 3.05) is 0 Å². The van der Waals surface area contributed by atoms with Crippen LogP contribution in [0.1, 0.15) is 51.5 Å². The third-order valence-corrected chi connectivity index (χ3v) is 4.89. The lowest BCUT2D eigenvalue weighted by Gasteiger charge is -2.47. The van der Waals surface area contributed by atoms with E-state index in [0.717, 1.165) is 18.4 Å². The highest BCUT2D eigenvalue weighted by Gasteiger charge is 2.47. The van der Waals surface area contributed by atoms with Crippen LogP contribution in [0.4, 0.5) is 0 Å². The predicted molar refractivity (Wildman–Crippen MR) is 76.2 cm³/mol. The molecule has 1 aliphatic carbocycles. The van der Waals surface area contributed by atoms with Gasteiger partial charge >= 0.3 is 0 Å². The molecule has 1 aliphatic heterocycles. The second-order valence-corrected chi connectivity index (χ2v) is 6.90. The van der Waals surface area contributed by atoms with E-state index in [1.165, 1.54) is 6.42 Å². The van der Waals surface area contributed by atoms with Crippen LogP contribution in [0.25, 0.3) is 0 Å². The Labute approximate surface area is 117 Å². The standard InChI is InChI=1S/C14H20N2O2S/c1-7-4-5-9-8(6-7)10-11(17)15-13(19)16-12(10)18-14(9,2)3/h7-9H,4-6H2,1-3H3,(H2,15,16,17,19)/t7-,8+,9-/m1/s1. The minimum Gasteiger partial charge on any atom is -0.472 e. The Morgan fingerprint density at radius 2 is 2.05 bits per heavy atom. The summed E-state index contributed by atoms with van der Waals surface area (Å²) in [6, 6.07) is 0. The quantitative estimate of drug-likeness (QED) is 0.718. The number of rotatable bonds is 0. The molecule has 0 spiro atoms. The van der Waals surface area contributed by atoms with Crippen LogP contribution in [0.3, 0.4) is 0 Å². The zero-order valence-corrected chi connectivity index (χ0v) is 12.4. The summed E-state index contributed by atoms with van der Waals surface area (Å²) >= 11 is 5.04. The molecule has 2 aliphatic rings. The van der Waals surface area contributed by atoms with E-state index in [4.69, 9.17) is 17.0 Å². The van der Waals surface area contributed by atoms with E-state index < -0.39 is 0 Å². The number of fused-ring (bicyclic) bond motifs is 3. The third kappa shape index (κ3) is 2.04. The molecule has 3 rings (SSSR count). The van der Waals surface area contributed by atoms with Gasteiger partial charge in [-0.1, -0.05) is 13.3 Å². The van der Waals surface area contributed by atoms with Gasteiger partial charge in [-0.2, -0.15) is 0 Å². The summed E-state index contributed by atoms with van der Waals surface area (Å²) in [5.41, 5.74) is 0.437. The first-order valence-electron chi connectivity index (χ1n) is 6.94. The number of aromatic amines is 2. The second-order valence-electron chi connectivity index (χ2n) is 6.49. The molecule has 0 saturated heterocycles. The Balaban J connectivity index is 2.18. The summed E-state index contributed by atoms with van der Waals surface area (Å²) in [5, 5.41) is 0. The lowest BCUT2D eigenvalue weighted by Crippen LogP contribution is -2.48. The molecule has 104 valence electrons. The van der Waals surface area contributed by atoms with Crippen LogP contribution in [0.2, 0.25) is 0 Å². The normalized spacial score (nSPS) is 32.1. The topological polar surface area (TPSA) is 57.9 Å². The first-order valence-corrected chi connectivity index (χ1v) is 7.35. The lowest BCUT2D eigenvalue weighted by atomic mass is 9.65. The van der Waals surface area contributed by atoms with Crippen molar-refractivity contribution in [3.05, 3.63) is 20.7 Å². The average molecular weight is 280 g/mol. The Morgan fingerprint density at radius 3 is 2.79 bits per heavy atom. The summed E-state index contributed by atoms with van der Waals surface area (Å²) in [7, 11) is 0. The van der Waals surface area contributed by atoms with Gasteiger partial charge in [0, 0.05) is 11.8 Å². The molecule has 5 heteroatoms. The van der Waals surface area contributed by atoms with Gasteiger partial charge in [-0.15, -0.1) is 0 Å². The molecule has 0 unspecified atom stereocenters. The molecule has 0 aromatic carbocycles. The predicted octanol–water partition coefficient (Wildman–Crippen LogP) is 3.12. The molecule has 3 atom stereocenters. The van der Waals surface area contributed by atoms with Crippen molar-refractivity contribution >= 4 is 12.2 Å². The summed E-state index contributed by atoms with van der Waals surface area (Å²) in [6.45, 7) is 6.49. The minimum absolute atomic E-state index is 0.0849. The zero-order valence-electron chi connectivity index (χ0n) is 11.6. The number of aromatic nitrogens is 2. The number of nitrogens with one attached hydrogen (secondary N) is 2. The Bertz CT molecular complexity index is 617. The van der Waals surface area contributed by atoms with Crippen molar-refractivity contribution in [2.45, 2.75) is 51.6 Å². The average Bonchev–Trinajstić information content (AvgIpc) is 2.25. The van der Waals surface area contributed by atoms with Gasteiger partial charge in [-0.25, -0.2) is 0 Å². The molecule has 1 saturated carbocycles. The highest BCUT2D eigenvalue weighted by molar-refractivity contribution is 7.71. The first kappa shape index (κ1) is 12.9. The second kappa shape index (κ2) is 4.20. The van der Waals surface area contributed by atoms with E-state index >= 15 is 0 Å². The summed E-state index contributed by atoms with van der Waals surface area (Å²) in [4.78, 5) is 17.9. The molecule has 0 amide bonds. The summed E-state index contributed by atoms with van der Waals surface area (Å²) in [6.07, 6.45) is 3.38. The number of H-pyrrole nitrogens is 2. The van der Waals surface area contributed by atoms with E-state index in [1.807, 2.05) is 0 Å². The highest BCUT2D eigenvalue weighted by Crippen LogP contribution is 2.50. The minimum atomic E-state index is -0.246. The maximum atomic E-state index is 12.2. The molecule has 0 radical (unpaired) electrons. The van der Waals surface area contributed by atoms with Crippen molar-refractivity contribution in [1.82, 2.24) is 9.97 Å². The van der Waals surface area contributed by atoms with Crippen molar-refractivity contribution in [2.24, 2.45) is 11.8 Å². The monoisotopic (exact) mass is 280 g/mol. The lowest BCUT2D eigenvalue weighted by molar-refractivity contribution is -0.0186. The van der Waals surface area contributed by atoms with Gasteiger partial charge in [-0.05, 0) is 44.8 Å². The fourth-order valence-corrected chi connectivity index (χ4v) is 3.95. The number of hydrogen-bond donors (Lipinski definition) is 2. The molecule has 1 aromatic heterocycles. The fourth-order valence-electron chi connectivity index (χ4n) is 3.76. The fraction of sp³-hybridized carbons (Fsp3) is 0.714. The van der Waals surface area contributed by atoms with Crippen LogP contribution in [-0.2, 0) is 0 Å².